The summed E-state index contributed by atoms with van der Waals surface area (Å²) in [6.07, 6.45) is 3.93. The van der Waals surface area contributed by atoms with Crippen molar-refractivity contribution in [1.82, 2.24) is 0 Å². The monoisotopic (exact) mass is 270 g/mol. The second-order valence-electron chi connectivity index (χ2n) is 4.65. The van der Waals surface area contributed by atoms with Crippen molar-refractivity contribution < 1.29 is 9.18 Å². The van der Waals surface area contributed by atoms with Crippen molar-refractivity contribution in [3.05, 3.63) is 34.6 Å². The Morgan fingerprint density at radius 2 is 1.89 bits per heavy atom. The molecule has 0 saturated carbocycles. The van der Waals surface area contributed by atoms with Gasteiger partial charge in [0.05, 0.1) is 0 Å². The molecule has 0 N–H and O–H groups in total. The number of ketones is 1. The first-order valence-electron chi connectivity index (χ1n) is 6.55. The SMILES string of the molecule is CCCC(CCC)C(=O)Cc1ccc(Cl)cc1F. The lowest BCUT2D eigenvalue weighted by Crippen LogP contribution is -2.17. The van der Waals surface area contributed by atoms with Gasteiger partial charge in [-0.2, -0.15) is 0 Å². The van der Waals surface area contributed by atoms with E-state index in [1.165, 1.54) is 6.07 Å². The summed E-state index contributed by atoms with van der Waals surface area (Å²) in [7, 11) is 0. The minimum absolute atomic E-state index is 0.0649. The van der Waals surface area contributed by atoms with E-state index in [-0.39, 0.29) is 23.9 Å². The lowest BCUT2D eigenvalue weighted by molar-refractivity contribution is -0.122. The Bertz CT molecular complexity index is 397. The van der Waals surface area contributed by atoms with E-state index in [2.05, 4.69) is 13.8 Å². The molecule has 0 heterocycles. The van der Waals surface area contributed by atoms with Gasteiger partial charge in [0.15, 0.2) is 0 Å². The van der Waals surface area contributed by atoms with E-state index in [4.69, 9.17) is 11.6 Å². The molecule has 1 nitrogen and oxygen atoms in total. The fourth-order valence-electron chi connectivity index (χ4n) is 2.16. The Kier molecular flexibility index (Phi) is 6.34. The summed E-state index contributed by atoms with van der Waals surface area (Å²) in [5.74, 6) is -0.183. The second kappa shape index (κ2) is 7.52. The Balaban J connectivity index is 2.72. The lowest BCUT2D eigenvalue weighted by Gasteiger charge is -2.14. The van der Waals surface area contributed by atoms with Crippen molar-refractivity contribution in [1.29, 1.82) is 0 Å². The van der Waals surface area contributed by atoms with E-state index in [0.717, 1.165) is 25.7 Å². The van der Waals surface area contributed by atoms with Gasteiger partial charge in [-0.1, -0.05) is 44.4 Å². The van der Waals surface area contributed by atoms with Gasteiger partial charge in [-0.3, -0.25) is 4.79 Å². The molecule has 1 rings (SSSR count). The molecule has 0 fully saturated rings. The minimum atomic E-state index is -0.386. The molecular weight excluding hydrogens is 251 g/mol. The molecule has 0 bridgehead atoms. The highest BCUT2D eigenvalue weighted by molar-refractivity contribution is 6.30. The van der Waals surface area contributed by atoms with E-state index in [9.17, 15) is 9.18 Å². The molecule has 1 aromatic rings. The zero-order valence-electron chi connectivity index (χ0n) is 11.0. The Hall–Kier alpha value is -0.890. The van der Waals surface area contributed by atoms with Crippen LogP contribution in [0.4, 0.5) is 4.39 Å². The summed E-state index contributed by atoms with van der Waals surface area (Å²) < 4.78 is 13.6. The molecule has 0 aliphatic heterocycles. The smallest absolute Gasteiger partial charge is 0.140 e. The fourth-order valence-corrected chi connectivity index (χ4v) is 2.32. The third-order valence-electron chi connectivity index (χ3n) is 3.11. The van der Waals surface area contributed by atoms with Gasteiger partial charge in [0.25, 0.3) is 0 Å². The topological polar surface area (TPSA) is 17.1 Å². The maximum Gasteiger partial charge on any atom is 0.140 e. The zero-order chi connectivity index (χ0) is 13.5. The predicted octanol–water partition coefficient (Wildman–Crippen LogP) is 4.81. The van der Waals surface area contributed by atoms with E-state index >= 15 is 0 Å². The molecular formula is C15H20ClFO. The highest BCUT2D eigenvalue weighted by Crippen LogP contribution is 2.20. The van der Waals surface area contributed by atoms with Crippen LogP contribution in [0.3, 0.4) is 0 Å². The summed E-state index contributed by atoms with van der Waals surface area (Å²) in [5, 5.41) is 0.363. The predicted molar refractivity (Wildman–Crippen MR) is 73.4 cm³/mol. The molecule has 100 valence electrons. The number of benzene rings is 1. The van der Waals surface area contributed by atoms with Crippen LogP contribution >= 0.6 is 11.6 Å². The van der Waals surface area contributed by atoms with Gasteiger partial charge in [0.1, 0.15) is 11.6 Å². The van der Waals surface area contributed by atoms with Crippen LogP contribution in [0.15, 0.2) is 18.2 Å². The molecule has 0 atom stereocenters. The van der Waals surface area contributed by atoms with Gasteiger partial charge in [0.2, 0.25) is 0 Å². The van der Waals surface area contributed by atoms with Crippen LogP contribution in [0.1, 0.15) is 45.1 Å². The highest BCUT2D eigenvalue weighted by Gasteiger charge is 2.18. The van der Waals surface area contributed by atoms with Crippen molar-refractivity contribution in [3.63, 3.8) is 0 Å². The first-order chi connectivity index (χ1) is 8.58. The maximum absolute atomic E-state index is 13.6. The fraction of sp³-hybridized carbons (Fsp3) is 0.533. The van der Waals surface area contributed by atoms with Crippen LogP contribution in [-0.4, -0.2) is 5.78 Å². The van der Waals surface area contributed by atoms with E-state index in [0.29, 0.717) is 10.6 Å². The summed E-state index contributed by atoms with van der Waals surface area (Å²) >= 11 is 5.69. The molecule has 0 radical (unpaired) electrons. The number of halogens is 2. The standard InChI is InChI=1S/C15H20ClFO/c1-3-5-11(6-4-2)15(18)9-12-7-8-13(16)10-14(12)17/h7-8,10-11H,3-6,9H2,1-2H3. The lowest BCUT2D eigenvalue weighted by atomic mass is 9.90. The number of carbonyl (C=O) groups excluding carboxylic acids is 1. The molecule has 0 aromatic heterocycles. The second-order valence-corrected chi connectivity index (χ2v) is 5.09. The van der Waals surface area contributed by atoms with Gasteiger partial charge in [0, 0.05) is 17.4 Å². The Labute approximate surface area is 113 Å². The van der Waals surface area contributed by atoms with Gasteiger partial charge in [-0.15, -0.1) is 0 Å². The van der Waals surface area contributed by atoms with Crippen molar-refractivity contribution in [2.45, 2.75) is 46.0 Å². The van der Waals surface area contributed by atoms with Crippen LogP contribution in [0, 0.1) is 11.7 Å². The van der Waals surface area contributed by atoms with Gasteiger partial charge in [-0.25, -0.2) is 4.39 Å². The van der Waals surface area contributed by atoms with Gasteiger partial charge >= 0.3 is 0 Å². The zero-order valence-corrected chi connectivity index (χ0v) is 11.8. The van der Waals surface area contributed by atoms with Crippen molar-refractivity contribution in [2.24, 2.45) is 5.92 Å². The number of carbonyl (C=O) groups is 1. The molecule has 0 aliphatic carbocycles. The van der Waals surface area contributed by atoms with E-state index in [1.54, 1.807) is 12.1 Å². The summed E-state index contributed by atoms with van der Waals surface area (Å²) in [6.45, 7) is 4.14. The molecule has 18 heavy (non-hydrogen) atoms. The summed E-state index contributed by atoms with van der Waals surface area (Å²) in [6, 6.07) is 4.49. The first kappa shape index (κ1) is 15.2. The van der Waals surface area contributed by atoms with E-state index in [1.807, 2.05) is 0 Å². The molecule has 0 amide bonds. The van der Waals surface area contributed by atoms with E-state index < -0.39 is 0 Å². The quantitative estimate of drug-likeness (QED) is 0.695. The molecule has 0 aliphatic rings. The third kappa shape index (κ3) is 4.41. The largest absolute Gasteiger partial charge is 0.299 e. The van der Waals surface area contributed by atoms with Crippen LogP contribution in [0.2, 0.25) is 5.02 Å². The number of rotatable bonds is 7. The molecule has 0 spiro atoms. The average molecular weight is 271 g/mol. The van der Waals surface area contributed by atoms with Crippen LogP contribution < -0.4 is 0 Å². The average Bonchev–Trinajstić information content (AvgIpc) is 2.32. The Morgan fingerprint density at radius 1 is 1.28 bits per heavy atom. The maximum atomic E-state index is 13.6. The number of hydrogen-bond acceptors (Lipinski definition) is 1. The normalized spacial score (nSPS) is 10.9. The first-order valence-corrected chi connectivity index (χ1v) is 6.92. The van der Waals surface area contributed by atoms with Crippen molar-refractivity contribution >= 4 is 17.4 Å². The van der Waals surface area contributed by atoms with Crippen LogP contribution in [-0.2, 0) is 11.2 Å². The highest BCUT2D eigenvalue weighted by atomic mass is 35.5. The van der Waals surface area contributed by atoms with Crippen molar-refractivity contribution in [2.75, 3.05) is 0 Å². The number of hydrogen-bond donors (Lipinski definition) is 0. The Morgan fingerprint density at radius 3 is 2.39 bits per heavy atom. The molecule has 1 aromatic carbocycles. The van der Waals surface area contributed by atoms with Crippen LogP contribution in [0.5, 0.6) is 0 Å². The van der Waals surface area contributed by atoms with Crippen molar-refractivity contribution in [3.8, 4) is 0 Å². The third-order valence-corrected chi connectivity index (χ3v) is 3.34. The molecule has 0 saturated heterocycles. The number of Topliss-reactive ketones (excluding diaryl/α,β-unsaturated/α-hetero) is 1. The molecule has 0 unspecified atom stereocenters. The van der Waals surface area contributed by atoms with Crippen LogP contribution in [0.25, 0.3) is 0 Å². The summed E-state index contributed by atoms with van der Waals surface area (Å²) in [4.78, 5) is 12.1. The van der Waals surface area contributed by atoms with Gasteiger partial charge < -0.3 is 0 Å². The summed E-state index contributed by atoms with van der Waals surface area (Å²) in [5.41, 5.74) is 0.446. The minimum Gasteiger partial charge on any atom is -0.299 e. The van der Waals surface area contributed by atoms with Gasteiger partial charge in [-0.05, 0) is 30.5 Å². The molecule has 3 heteroatoms.